The zero-order valence-electron chi connectivity index (χ0n) is 20.8. The van der Waals surface area contributed by atoms with Crippen molar-refractivity contribution in [3.63, 3.8) is 0 Å². The Hall–Kier alpha value is -3.07. The first-order valence-electron chi connectivity index (χ1n) is 11.7. The minimum atomic E-state index is -4.14. The maximum absolute atomic E-state index is 13.8. The van der Waals surface area contributed by atoms with Gasteiger partial charge in [-0.1, -0.05) is 59.6 Å². The molecule has 7 nitrogen and oxygen atoms in total. The Morgan fingerprint density at radius 1 is 0.865 bits per heavy atom. The number of nitrogens with one attached hydrogen (secondary N) is 1. The molecule has 0 spiro atoms. The highest BCUT2D eigenvalue weighted by atomic mass is 35.5. The normalized spacial score (nSPS) is 12.2. The molecule has 0 aliphatic carbocycles. The van der Waals surface area contributed by atoms with E-state index in [4.69, 9.17) is 23.2 Å². The van der Waals surface area contributed by atoms with Crippen molar-refractivity contribution in [2.75, 3.05) is 10.8 Å². The van der Waals surface area contributed by atoms with Crippen molar-refractivity contribution in [1.82, 2.24) is 10.2 Å². The Kier molecular flexibility index (Phi) is 9.59. The highest BCUT2D eigenvalue weighted by Crippen LogP contribution is 2.27. The summed E-state index contributed by atoms with van der Waals surface area (Å²) >= 11 is 12.3. The number of nitrogens with zero attached hydrogens (tertiary/aromatic N) is 2. The molecule has 0 saturated carbocycles. The fraction of sp³-hybridized carbons (Fsp3) is 0.259. The lowest BCUT2D eigenvalue weighted by Crippen LogP contribution is -2.52. The van der Waals surface area contributed by atoms with Gasteiger partial charge in [-0.15, -0.1) is 0 Å². The number of rotatable bonds is 10. The fourth-order valence-corrected chi connectivity index (χ4v) is 5.52. The molecule has 0 aliphatic rings. The minimum absolute atomic E-state index is 0.0229. The molecular weight excluding hydrogens is 533 g/mol. The van der Waals surface area contributed by atoms with Crippen LogP contribution in [-0.2, 0) is 26.2 Å². The van der Waals surface area contributed by atoms with Crippen molar-refractivity contribution < 1.29 is 18.0 Å². The number of benzene rings is 3. The second-order valence-corrected chi connectivity index (χ2v) is 11.5. The fourth-order valence-electron chi connectivity index (χ4n) is 3.70. The highest BCUT2D eigenvalue weighted by Gasteiger charge is 2.32. The van der Waals surface area contributed by atoms with Gasteiger partial charge in [-0.3, -0.25) is 13.9 Å². The van der Waals surface area contributed by atoms with Crippen molar-refractivity contribution in [3.8, 4) is 0 Å². The molecule has 0 heterocycles. The predicted molar refractivity (Wildman–Crippen MR) is 147 cm³/mol. The summed E-state index contributed by atoms with van der Waals surface area (Å²) in [6.07, 6.45) is 0. The summed E-state index contributed by atoms with van der Waals surface area (Å²) in [5.41, 5.74) is 0.928. The van der Waals surface area contributed by atoms with E-state index in [1.165, 1.54) is 23.1 Å². The standard InChI is InChI=1S/C27H29Cl2N3O4S/c1-19(2)30-27(34)20(3)31(17-21-9-7-10-22(28)15-21)26(33)18-32(24-12-8-11-23(29)16-24)37(35,36)25-13-5-4-6-14-25/h4-16,19-20H,17-18H2,1-3H3,(H,30,34). The van der Waals surface area contributed by atoms with Crippen LogP contribution in [0.15, 0.2) is 83.8 Å². The average molecular weight is 563 g/mol. The van der Waals surface area contributed by atoms with E-state index in [-0.39, 0.29) is 29.1 Å². The number of amides is 2. The van der Waals surface area contributed by atoms with Gasteiger partial charge in [0.1, 0.15) is 12.6 Å². The summed E-state index contributed by atoms with van der Waals surface area (Å²) in [4.78, 5) is 28.1. The summed E-state index contributed by atoms with van der Waals surface area (Å²) in [5.74, 6) is -0.920. The third-order valence-electron chi connectivity index (χ3n) is 5.55. The minimum Gasteiger partial charge on any atom is -0.352 e. The maximum Gasteiger partial charge on any atom is 0.264 e. The summed E-state index contributed by atoms with van der Waals surface area (Å²) in [6.45, 7) is 4.76. The van der Waals surface area contributed by atoms with Gasteiger partial charge in [-0.05, 0) is 68.8 Å². The Labute approximate surface area is 228 Å². The largest absolute Gasteiger partial charge is 0.352 e. The zero-order valence-corrected chi connectivity index (χ0v) is 23.1. The molecule has 0 bridgehead atoms. The number of carbonyl (C=O) groups is 2. The predicted octanol–water partition coefficient (Wildman–Crippen LogP) is 5.13. The smallest absolute Gasteiger partial charge is 0.264 e. The van der Waals surface area contributed by atoms with E-state index in [1.54, 1.807) is 67.6 Å². The van der Waals surface area contributed by atoms with E-state index in [0.29, 0.717) is 15.6 Å². The van der Waals surface area contributed by atoms with Crippen LogP contribution < -0.4 is 9.62 Å². The Morgan fingerprint density at radius 2 is 1.49 bits per heavy atom. The van der Waals surface area contributed by atoms with E-state index in [1.807, 2.05) is 13.8 Å². The van der Waals surface area contributed by atoms with Crippen molar-refractivity contribution in [2.24, 2.45) is 0 Å². The number of hydrogen-bond acceptors (Lipinski definition) is 4. The van der Waals surface area contributed by atoms with Crippen LogP contribution in [0.5, 0.6) is 0 Å². The van der Waals surface area contributed by atoms with Crippen LogP contribution in [0, 0.1) is 0 Å². The summed E-state index contributed by atoms with van der Waals surface area (Å²) in [6, 6.07) is 20.0. The van der Waals surface area contributed by atoms with Crippen molar-refractivity contribution in [3.05, 3.63) is 94.5 Å². The van der Waals surface area contributed by atoms with Gasteiger partial charge in [0.25, 0.3) is 10.0 Å². The van der Waals surface area contributed by atoms with Gasteiger partial charge in [0.2, 0.25) is 11.8 Å². The number of hydrogen-bond donors (Lipinski definition) is 1. The molecule has 0 radical (unpaired) electrons. The van der Waals surface area contributed by atoms with E-state index in [2.05, 4.69) is 5.32 Å². The third-order valence-corrected chi connectivity index (χ3v) is 7.80. The van der Waals surface area contributed by atoms with Gasteiger partial charge in [-0.25, -0.2) is 8.42 Å². The number of sulfonamides is 1. The van der Waals surface area contributed by atoms with Gasteiger partial charge in [0.15, 0.2) is 0 Å². The van der Waals surface area contributed by atoms with Crippen LogP contribution in [0.1, 0.15) is 26.3 Å². The summed E-state index contributed by atoms with van der Waals surface area (Å²) in [7, 11) is -4.14. The second-order valence-electron chi connectivity index (χ2n) is 8.80. The van der Waals surface area contributed by atoms with Gasteiger partial charge < -0.3 is 10.2 Å². The molecule has 0 saturated heterocycles. The third kappa shape index (κ3) is 7.47. The summed E-state index contributed by atoms with van der Waals surface area (Å²) < 4.78 is 28.3. The molecule has 10 heteroatoms. The topological polar surface area (TPSA) is 86.8 Å². The van der Waals surface area contributed by atoms with Crippen LogP contribution in [0.3, 0.4) is 0 Å². The lowest BCUT2D eigenvalue weighted by atomic mass is 10.1. The monoisotopic (exact) mass is 561 g/mol. The van der Waals surface area contributed by atoms with Crippen LogP contribution in [-0.4, -0.2) is 43.8 Å². The first-order chi connectivity index (χ1) is 17.5. The molecule has 3 aromatic rings. The molecule has 3 rings (SSSR count). The van der Waals surface area contributed by atoms with E-state index in [0.717, 1.165) is 4.31 Å². The Bertz CT molecular complexity index is 1350. The van der Waals surface area contributed by atoms with Crippen LogP contribution in [0.2, 0.25) is 10.0 Å². The average Bonchev–Trinajstić information content (AvgIpc) is 2.85. The lowest BCUT2D eigenvalue weighted by Gasteiger charge is -2.32. The SMILES string of the molecule is CC(C)NC(=O)C(C)N(Cc1cccc(Cl)c1)C(=O)CN(c1cccc(Cl)c1)S(=O)(=O)c1ccccc1. The van der Waals surface area contributed by atoms with Crippen molar-refractivity contribution in [2.45, 2.75) is 44.3 Å². The molecule has 196 valence electrons. The van der Waals surface area contributed by atoms with E-state index in [9.17, 15) is 18.0 Å². The van der Waals surface area contributed by atoms with Gasteiger partial charge in [0.05, 0.1) is 10.6 Å². The van der Waals surface area contributed by atoms with Gasteiger partial charge >= 0.3 is 0 Å². The molecule has 1 N–H and O–H groups in total. The zero-order chi connectivity index (χ0) is 27.2. The van der Waals surface area contributed by atoms with E-state index >= 15 is 0 Å². The molecule has 0 fully saturated rings. The van der Waals surface area contributed by atoms with Gasteiger partial charge in [-0.2, -0.15) is 0 Å². The lowest BCUT2D eigenvalue weighted by molar-refractivity contribution is -0.139. The molecule has 0 aromatic heterocycles. The number of halogens is 2. The van der Waals surface area contributed by atoms with Crippen LogP contribution in [0.4, 0.5) is 5.69 Å². The quantitative estimate of drug-likeness (QED) is 0.371. The van der Waals surface area contributed by atoms with Crippen LogP contribution in [0.25, 0.3) is 0 Å². The molecule has 37 heavy (non-hydrogen) atoms. The van der Waals surface area contributed by atoms with Gasteiger partial charge in [0, 0.05) is 22.6 Å². The van der Waals surface area contributed by atoms with Crippen molar-refractivity contribution >= 4 is 50.7 Å². The van der Waals surface area contributed by atoms with Crippen LogP contribution >= 0.6 is 23.2 Å². The Balaban J connectivity index is 2.02. The first kappa shape index (κ1) is 28.5. The molecule has 0 aliphatic heterocycles. The number of carbonyl (C=O) groups excluding carboxylic acids is 2. The van der Waals surface area contributed by atoms with E-state index < -0.39 is 28.5 Å². The maximum atomic E-state index is 13.8. The first-order valence-corrected chi connectivity index (χ1v) is 13.9. The molecule has 1 atom stereocenters. The molecule has 1 unspecified atom stereocenters. The molecule has 2 amide bonds. The molecule has 3 aromatic carbocycles. The second kappa shape index (κ2) is 12.4. The Morgan fingerprint density at radius 3 is 2.08 bits per heavy atom. The van der Waals surface area contributed by atoms with Crippen molar-refractivity contribution in [1.29, 1.82) is 0 Å². The summed E-state index contributed by atoms with van der Waals surface area (Å²) in [5, 5.41) is 3.62. The number of anilines is 1. The highest BCUT2D eigenvalue weighted by molar-refractivity contribution is 7.92. The molecular formula is C27H29Cl2N3O4S.